The number of carbonyl (C=O) groups excluding carboxylic acids is 1. The lowest BCUT2D eigenvalue weighted by Gasteiger charge is -2.01. The summed E-state index contributed by atoms with van der Waals surface area (Å²) < 4.78 is 0. The number of aromatic amines is 1. The Morgan fingerprint density at radius 3 is 3.00 bits per heavy atom. The second-order valence-corrected chi connectivity index (χ2v) is 2.72. The number of H-pyrrole nitrogens is 1. The predicted octanol–water partition coefficient (Wildman–Crippen LogP) is 1.32. The number of nitrogens with one attached hydrogen (secondary N) is 2. The van der Waals surface area contributed by atoms with Crippen LogP contribution in [0.1, 0.15) is 17.4 Å². The van der Waals surface area contributed by atoms with Crippen molar-refractivity contribution in [1.82, 2.24) is 10.3 Å². The third-order valence-electron chi connectivity index (χ3n) is 1.39. The molecule has 0 fully saturated rings. The molecule has 1 aromatic heterocycles. The van der Waals surface area contributed by atoms with Gasteiger partial charge >= 0.3 is 0 Å². The van der Waals surface area contributed by atoms with Gasteiger partial charge in [-0.15, -0.1) is 0 Å². The van der Waals surface area contributed by atoms with Crippen molar-refractivity contribution in [3.05, 3.63) is 36.2 Å². The Kier molecular flexibility index (Phi) is 2.69. The largest absolute Gasteiger partial charge is 0.357 e. The van der Waals surface area contributed by atoms with Crippen molar-refractivity contribution in [2.75, 3.05) is 6.54 Å². The van der Waals surface area contributed by atoms with E-state index in [9.17, 15) is 4.79 Å². The van der Waals surface area contributed by atoms with Crippen LogP contribution in [-0.4, -0.2) is 17.4 Å². The van der Waals surface area contributed by atoms with Crippen molar-refractivity contribution in [3.63, 3.8) is 0 Å². The molecule has 0 saturated carbocycles. The molecule has 64 valence electrons. The molecule has 0 aliphatic heterocycles. The lowest BCUT2D eigenvalue weighted by Crippen LogP contribution is -2.24. The summed E-state index contributed by atoms with van der Waals surface area (Å²) in [6.07, 6.45) is 1.72. The molecule has 0 aliphatic carbocycles. The van der Waals surface area contributed by atoms with E-state index in [4.69, 9.17) is 0 Å². The first kappa shape index (κ1) is 8.59. The van der Waals surface area contributed by atoms with Gasteiger partial charge in [-0.2, -0.15) is 0 Å². The summed E-state index contributed by atoms with van der Waals surface area (Å²) in [6.45, 7) is 6.08. The van der Waals surface area contributed by atoms with E-state index >= 15 is 0 Å². The highest BCUT2D eigenvalue weighted by molar-refractivity contribution is 5.92. The van der Waals surface area contributed by atoms with Crippen LogP contribution in [0, 0.1) is 0 Å². The fourth-order valence-electron chi connectivity index (χ4n) is 0.798. The molecule has 2 N–H and O–H groups in total. The Balaban J connectivity index is 2.45. The lowest BCUT2D eigenvalue weighted by molar-refractivity contribution is 0.0952. The maximum absolute atomic E-state index is 11.2. The quantitative estimate of drug-likeness (QED) is 0.650. The maximum Gasteiger partial charge on any atom is 0.267 e. The number of aromatic nitrogens is 1. The summed E-state index contributed by atoms with van der Waals surface area (Å²) in [5, 5.41) is 2.71. The Labute approximate surface area is 71.5 Å². The zero-order chi connectivity index (χ0) is 8.97. The van der Waals surface area contributed by atoms with Gasteiger partial charge in [0.1, 0.15) is 5.69 Å². The van der Waals surface area contributed by atoms with E-state index in [1.807, 2.05) is 6.92 Å². The molecule has 0 aliphatic rings. The van der Waals surface area contributed by atoms with Gasteiger partial charge in [0.15, 0.2) is 0 Å². The van der Waals surface area contributed by atoms with E-state index in [0.717, 1.165) is 5.57 Å². The molecule has 0 unspecified atom stereocenters. The molecule has 3 heteroatoms. The second kappa shape index (κ2) is 3.76. The second-order valence-electron chi connectivity index (χ2n) is 2.72. The maximum atomic E-state index is 11.2. The molecular weight excluding hydrogens is 152 g/mol. The molecule has 0 radical (unpaired) electrons. The van der Waals surface area contributed by atoms with E-state index in [1.54, 1.807) is 18.3 Å². The minimum Gasteiger partial charge on any atom is -0.357 e. The Morgan fingerprint density at radius 2 is 2.50 bits per heavy atom. The smallest absolute Gasteiger partial charge is 0.267 e. The van der Waals surface area contributed by atoms with E-state index in [1.165, 1.54) is 0 Å². The molecule has 3 nitrogen and oxygen atoms in total. The third-order valence-corrected chi connectivity index (χ3v) is 1.39. The molecule has 0 bridgehead atoms. The minimum atomic E-state index is -0.0944. The molecule has 0 spiro atoms. The topological polar surface area (TPSA) is 44.9 Å². The van der Waals surface area contributed by atoms with Gasteiger partial charge < -0.3 is 10.3 Å². The van der Waals surface area contributed by atoms with Crippen LogP contribution in [0.2, 0.25) is 0 Å². The molecule has 0 aromatic carbocycles. The van der Waals surface area contributed by atoms with Gasteiger partial charge in [0, 0.05) is 12.7 Å². The summed E-state index contributed by atoms with van der Waals surface area (Å²) in [5.74, 6) is -0.0944. The molecule has 1 heterocycles. The van der Waals surface area contributed by atoms with Crippen LogP contribution in [-0.2, 0) is 0 Å². The summed E-state index contributed by atoms with van der Waals surface area (Å²) in [4.78, 5) is 14.0. The first-order chi connectivity index (χ1) is 5.70. The third kappa shape index (κ3) is 2.27. The Morgan fingerprint density at radius 1 is 1.75 bits per heavy atom. The normalized spacial score (nSPS) is 9.42. The fourth-order valence-corrected chi connectivity index (χ4v) is 0.798. The molecular formula is C9H12N2O. The zero-order valence-corrected chi connectivity index (χ0v) is 7.05. The number of amides is 1. The highest BCUT2D eigenvalue weighted by atomic mass is 16.1. The monoisotopic (exact) mass is 164 g/mol. The minimum absolute atomic E-state index is 0.0944. The number of hydrogen-bond acceptors (Lipinski definition) is 1. The number of carbonyl (C=O) groups is 1. The van der Waals surface area contributed by atoms with Gasteiger partial charge in [0.05, 0.1) is 0 Å². The van der Waals surface area contributed by atoms with Crippen molar-refractivity contribution >= 4 is 5.91 Å². The van der Waals surface area contributed by atoms with Gasteiger partial charge in [-0.3, -0.25) is 4.79 Å². The zero-order valence-electron chi connectivity index (χ0n) is 7.05. The lowest BCUT2D eigenvalue weighted by atomic mass is 10.3. The summed E-state index contributed by atoms with van der Waals surface area (Å²) in [7, 11) is 0. The summed E-state index contributed by atoms with van der Waals surface area (Å²) in [6, 6.07) is 3.52. The van der Waals surface area contributed by atoms with Crippen LogP contribution in [0.4, 0.5) is 0 Å². The molecule has 0 atom stereocenters. The van der Waals surface area contributed by atoms with Crippen molar-refractivity contribution in [2.45, 2.75) is 6.92 Å². The van der Waals surface area contributed by atoms with Crippen LogP contribution in [0.5, 0.6) is 0 Å². The van der Waals surface area contributed by atoms with Crippen LogP contribution in [0.15, 0.2) is 30.5 Å². The van der Waals surface area contributed by atoms with Crippen molar-refractivity contribution in [3.8, 4) is 0 Å². The fraction of sp³-hybridized carbons (Fsp3) is 0.222. The molecule has 1 amide bonds. The van der Waals surface area contributed by atoms with Gasteiger partial charge in [-0.05, 0) is 19.1 Å². The number of hydrogen-bond donors (Lipinski definition) is 2. The van der Waals surface area contributed by atoms with Crippen molar-refractivity contribution < 1.29 is 4.79 Å². The first-order valence-corrected chi connectivity index (χ1v) is 3.76. The van der Waals surface area contributed by atoms with Gasteiger partial charge in [-0.25, -0.2) is 0 Å². The highest BCUT2D eigenvalue weighted by Gasteiger charge is 2.03. The van der Waals surface area contributed by atoms with E-state index in [2.05, 4.69) is 16.9 Å². The summed E-state index contributed by atoms with van der Waals surface area (Å²) in [5.41, 5.74) is 1.52. The average molecular weight is 164 g/mol. The Bertz CT molecular complexity index is 275. The van der Waals surface area contributed by atoms with E-state index in [-0.39, 0.29) is 5.91 Å². The van der Waals surface area contributed by atoms with Gasteiger partial charge in [-0.1, -0.05) is 12.2 Å². The Hall–Kier alpha value is -1.51. The molecule has 1 rings (SSSR count). The highest BCUT2D eigenvalue weighted by Crippen LogP contribution is 1.93. The first-order valence-electron chi connectivity index (χ1n) is 3.76. The SMILES string of the molecule is C=C(C)CNC(=O)c1ccc[nH]1. The van der Waals surface area contributed by atoms with Gasteiger partial charge in [0.25, 0.3) is 5.91 Å². The van der Waals surface area contributed by atoms with Crippen LogP contribution in [0.3, 0.4) is 0 Å². The standard InChI is InChI=1S/C9H12N2O/c1-7(2)6-11-9(12)8-4-3-5-10-8/h3-5,10H,1,6H2,2H3,(H,11,12). The van der Waals surface area contributed by atoms with Crippen LogP contribution >= 0.6 is 0 Å². The molecule has 0 saturated heterocycles. The summed E-state index contributed by atoms with van der Waals surface area (Å²) >= 11 is 0. The molecule has 1 aromatic rings. The van der Waals surface area contributed by atoms with Crippen molar-refractivity contribution in [1.29, 1.82) is 0 Å². The van der Waals surface area contributed by atoms with E-state index in [0.29, 0.717) is 12.2 Å². The van der Waals surface area contributed by atoms with Crippen molar-refractivity contribution in [2.24, 2.45) is 0 Å². The van der Waals surface area contributed by atoms with Crippen LogP contribution in [0.25, 0.3) is 0 Å². The predicted molar refractivity (Wildman–Crippen MR) is 47.9 cm³/mol. The van der Waals surface area contributed by atoms with Crippen LogP contribution < -0.4 is 5.32 Å². The van der Waals surface area contributed by atoms with E-state index < -0.39 is 0 Å². The molecule has 12 heavy (non-hydrogen) atoms. The number of rotatable bonds is 3. The average Bonchev–Trinajstić information content (AvgIpc) is 2.51. The van der Waals surface area contributed by atoms with Gasteiger partial charge in [0.2, 0.25) is 0 Å².